The van der Waals surface area contributed by atoms with Crippen LogP contribution in [0.4, 0.5) is 10.5 Å². The summed E-state index contributed by atoms with van der Waals surface area (Å²) >= 11 is 0. The van der Waals surface area contributed by atoms with Gasteiger partial charge in [0.2, 0.25) is 5.91 Å². The lowest BCUT2D eigenvalue weighted by atomic mass is 10.2. The Bertz CT molecular complexity index is 801. The van der Waals surface area contributed by atoms with Crippen molar-refractivity contribution in [1.82, 2.24) is 9.80 Å². The molecule has 2 heterocycles. The number of anilines is 1. The number of amides is 2. The third-order valence-corrected chi connectivity index (χ3v) is 5.27. The molecular formula is C22H34IN5O3. The zero-order valence-electron chi connectivity index (χ0n) is 18.7. The van der Waals surface area contributed by atoms with Crippen molar-refractivity contribution in [3.63, 3.8) is 0 Å². The van der Waals surface area contributed by atoms with Gasteiger partial charge in [0.1, 0.15) is 5.60 Å². The second-order valence-corrected chi connectivity index (χ2v) is 8.72. The van der Waals surface area contributed by atoms with Crippen LogP contribution in [-0.2, 0) is 16.0 Å². The first-order chi connectivity index (χ1) is 14.2. The van der Waals surface area contributed by atoms with E-state index in [1.807, 2.05) is 48.8 Å². The van der Waals surface area contributed by atoms with Gasteiger partial charge >= 0.3 is 6.09 Å². The number of fused-ring (bicyclic) bond motifs is 1. The summed E-state index contributed by atoms with van der Waals surface area (Å²) in [6.07, 6.45) is 1.75. The Morgan fingerprint density at radius 3 is 2.39 bits per heavy atom. The Hall–Kier alpha value is -2.04. The molecule has 0 aliphatic carbocycles. The molecule has 0 radical (unpaired) electrons. The van der Waals surface area contributed by atoms with Gasteiger partial charge in [0.25, 0.3) is 0 Å². The molecular weight excluding hydrogens is 509 g/mol. The number of piperazine rings is 1. The number of ether oxygens (including phenoxy) is 1. The van der Waals surface area contributed by atoms with E-state index in [-0.39, 0.29) is 36.0 Å². The van der Waals surface area contributed by atoms with Crippen molar-refractivity contribution >= 4 is 47.6 Å². The van der Waals surface area contributed by atoms with Gasteiger partial charge in [0.05, 0.1) is 0 Å². The number of benzene rings is 1. The quantitative estimate of drug-likeness (QED) is 0.273. The first kappa shape index (κ1) is 25.2. The highest BCUT2D eigenvalue weighted by atomic mass is 127. The Morgan fingerprint density at radius 1 is 1.06 bits per heavy atom. The van der Waals surface area contributed by atoms with Gasteiger partial charge in [-0.2, -0.15) is 0 Å². The fraction of sp³-hybridized carbons (Fsp3) is 0.591. The van der Waals surface area contributed by atoms with Crippen molar-refractivity contribution in [2.75, 3.05) is 44.2 Å². The van der Waals surface area contributed by atoms with Gasteiger partial charge in [-0.3, -0.25) is 9.79 Å². The molecule has 0 spiro atoms. The van der Waals surface area contributed by atoms with Crippen molar-refractivity contribution in [3.8, 4) is 0 Å². The minimum Gasteiger partial charge on any atom is -0.444 e. The maximum atomic E-state index is 12.5. The zero-order chi connectivity index (χ0) is 21.7. The highest BCUT2D eigenvalue weighted by Gasteiger charge is 2.26. The molecule has 0 bridgehead atoms. The van der Waals surface area contributed by atoms with Crippen LogP contribution >= 0.6 is 24.0 Å². The van der Waals surface area contributed by atoms with Gasteiger partial charge in [0.15, 0.2) is 5.96 Å². The summed E-state index contributed by atoms with van der Waals surface area (Å²) < 4.78 is 5.41. The van der Waals surface area contributed by atoms with E-state index in [2.05, 4.69) is 11.1 Å². The number of hydrogen-bond acceptors (Lipinski definition) is 4. The van der Waals surface area contributed by atoms with Crippen LogP contribution in [0.2, 0.25) is 0 Å². The van der Waals surface area contributed by atoms with Gasteiger partial charge in [-0.1, -0.05) is 18.2 Å². The summed E-state index contributed by atoms with van der Waals surface area (Å²) in [4.78, 5) is 34.7. The molecule has 8 nitrogen and oxygen atoms in total. The molecule has 31 heavy (non-hydrogen) atoms. The summed E-state index contributed by atoms with van der Waals surface area (Å²) in [5.74, 6) is 0.609. The van der Waals surface area contributed by atoms with Crippen molar-refractivity contribution in [2.45, 2.75) is 45.6 Å². The topological polar surface area (TPSA) is 91.5 Å². The van der Waals surface area contributed by atoms with Crippen LogP contribution in [0.15, 0.2) is 29.3 Å². The largest absolute Gasteiger partial charge is 0.444 e. The number of guanidine groups is 1. The molecule has 0 atom stereocenters. The molecule has 1 fully saturated rings. The van der Waals surface area contributed by atoms with Gasteiger partial charge in [-0.05, 0) is 45.2 Å². The molecule has 2 aliphatic heterocycles. The number of nitrogens with two attached hydrogens (primary N) is 1. The van der Waals surface area contributed by atoms with Crippen molar-refractivity contribution in [1.29, 1.82) is 0 Å². The van der Waals surface area contributed by atoms with E-state index in [9.17, 15) is 9.59 Å². The molecule has 1 aromatic rings. The maximum absolute atomic E-state index is 12.5. The lowest BCUT2D eigenvalue weighted by molar-refractivity contribution is -0.118. The number of para-hydroxylation sites is 1. The van der Waals surface area contributed by atoms with E-state index in [0.717, 1.165) is 18.7 Å². The van der Waals surface area contributed by atoms with E-state index in [0.29, 0.717) is 51.5 Å². The second kappa shape index (κ2) is 11.0. The molecule has 172 valence electrons. The minimum atomic E-state index is -0.497. The van der Waals surface area contributed by atoms with Crippen molar-refractivity contribution in [2.24, 2.45) is 10.7 Å². The average Bonchev–Trinajstić information content (AvgIpc) is 3.14. The first-order valence-corrected chi connectivity index (χ1v) is 10.7. The van der Waals surface area contributed by atoms with E-state index < -0.39 is 5.60 Å². The highest BCUT2D eigenvalue weighted by molar-refractivity contribution is 14.0. The van der Waals surface area contributed by atoms with Gasteiger partial charge < -0.3 is 25.2 Å². The number of carbonyl (C=O) groups is 2. The normalized spacial score (nSPS) is 16.6. The molecule has 0 saturated carbocycles. The molecule has 1 saturated heterocycles. The molecule has 1 aromatic carbocycles. The number of halogens is 1. The Morgan fingerprint density at radius 2 is 1.71 bits per heavy atom. The van der Waals surface area contributed by atoms with Crippen LogP contribution in [0.3, 0.4) is 0 Å². The third-order valence-electron chi connectivity index (χ3n) is 5.27. The number of nitrogens with zero attached hydrogens (tertiary/aromatic N) is 4. The Labute approximate surface area is 201 Å². The summed E-state index contributed by atoms with van der Waals surface area (Å²) in [5.41, 5.74) is 7.89. The van der Waals surface area contributed by atoms with E-state index in [1.165, 1.54) is 5.56 Å². The fourth-order valence-corrected chi connectivity index (χ4v) is 3.70. The predicted octanol–water partition coefficient (Wildman–Crippen LogP) is 2.84. The Kier molecular flexibility index (Phi) is 8.96. The molecule has 2 N–H and O–H groups in total. The number of carbonyl (C=O) groups excluding carboxylic acids is 2. The standard InChI is InChI=1S/C22H33N5O3.HI/c1-22(2,3)30-21(29)26-15-13-25(14-16-26)20(23)24-11-6-9-19(28)27-12-10-17-7-4-5-8-18(17)27;/h4-5,7-8H,6,9-16H2,1-3H3,(H2,23,24);1H. The molecule has 2 aliphatic rings. The van der Waals surface area contributed by atoms with Gasteiger partial charge in [0, 0.05) is 51.4 Å². The highest BCUT2D eigenvalue weighted by Crippen LogP contribution is 2.28. The van der Waals surface area contributed by atoms with E-state index in [4.69, 9.17) is 10.5 Å². The van der Waals surface area contributed by atoms with Crippen LogP contribution in [0.25, 0.3) is 0 Å². The first-order valence-electron chi connectivity index (χ1n) is 10.7. The van der Waals surface area contributed by atoms with Gasteiger partial charge in [-0.25, -0.2) is 4.79 Å². The molecule has 9 heteroatoms. The summed E-state index contributed by atoms with van der Waals surface area (Å²) in [5, 5.41) is 0. The number of rotatable bonds is 4. The minimum absolute atomic E-state index is 0. The van der Waals surface area contributed by atoms with Crippen molar-refractivity contribution < 1.29 is 14.3 Å². The van der Waals surface area contributed by atoms with Crippen LogP contribution in [0, 0.1) is 0 Å². The number of aliphatic imine (C=N–C) groups is 1. The van der Waals surface area contributed by atoms with Crippen LogP contribution in [-0.4, -0.2) is 72.6 Å². The maximum Gasteiger partial charge on any atom is 0.410 e. The molecule has 0 unspecified atom stereocenters. The lowest BCUT2D eigenvalue weighted by Gasteiger charge is -2.36. The smallest absolute Gasteiger partial charge is 0.410 e. The summed E-state index contributed by atoms with van der Waals surface area (Å²) in [6, 6.07) is 8.07. The predicted molar refractivity (Wildman–Crippen MR) is 133 cm³/mol. The molecule has 2 amide bonds. The second-order valence-electron chi connectivity index (χ2n) is 8.72. The summed E-state index contributed by atoms with van der Waals surface area (Å²) in [6.45, 7) is 9.20. The number of hydrogen-bond donors (Lipinski definition) is 1. The monoisotopic (exact) mass is 543 g/mol. The summed E-state index contributed by atoms with van der Waals surface area (Å²) in [7, 11) is 0. The zero-order valence-corrected chi connectivity index (χ0v) is 21.0. The van der Waals surface area contributed by atoms with Crippen LogP contribution in [0.1, 0.15) is 39.2 Å². The Balaban J connectivity index is 0.00000341. The van der Waals surface area contributed by atoms with Crippen LogP contribution < -0.4 is 10.6 Å². The average molecular weight is 543 g/mol. The molecule has 0 aromatic heterocycles. The van der Waals surface area contributed by atoms with Gasteiger partial charge in [-0.15, -0.1) is 24.0 Å². The third kappa shape index (κ3) is 6.98. The van der Waals surface area contributed by atoms with Crippen LogP contribution in [0.5, 0.6) is 0 Å². The lowest BCUT2D eigenvalue weighted by Crippen LogP contribution is -2.53. The fourth-order valence-electron chi connectivity index (χ4n) is 3.70. The SMILES string of the molecule is CC(C)(C)OC(=O)N1CCN(C(N)=NCCCC(=O)N2CCc3ccccc32)CC1.I. The molecule has 3 rings (SSSR count). The van der Waals surface area contributed by atoms with E-state index >= 15 is 0 Å². The van der Waals surface area contributed by atoms with E-state index in [1.54, 1.807) is 4.90 Å². The van der Waals surface area contributed by atoms with Crippen molar-refractivity contribution in [3.05, 3.63) is 29.8 Å².